The van der Waals surface area contributed by atoms with E-state index in [2.05, 4.69) is 50.2 Å². The van der Waals surface area contributed by atoms with Crippen LogP contribution in [0.2, 0.25) is 0 Å². The maximum atomic E-state index is 6.12. The van der Waals surface area contributed by atoms with E-state index in [1.165, 1.54) is 16.7 Å². The van der Waals surface area contributed by atoms with Crippen molar-refractivity contribution in [3.05, 3.63) is 41.0 Å². The van der Waals surface area contributed by atoms with E-state index in [0.29, 0.717) is 0 Å². The van der Waals surface area contributed by atoms with Crippen molar-refractivity contribution in [2.45, 2.75) is 25.4 Å². The first-order valence-electron chi connectivity index (χ1n) is 6.70. The fraction of sp³-hybridized carbons (Fsp3) is 0.500. The topological polar surface area (TPSA) is 12.5 Å². The number of nitrogens with zero attached hydrogens (tertiary/aromatic N) is 1. The normalized spacial score (nSPS) is 26.4. The minimum absolute atomic E-state index is 0.115. The van der Waals surface area contributed by atoms with Crippen LogP contribution >= 0.6 is 0 Å². The Morgan fingerprint density at radius 2 is 2.06 bits per heavy atom. The molecule has 0 radical (unpaired) electrons. The molecule has 2 nitrogen and oxygen atoms in total. The van der Waals surface area contributed by atoms with Crippen molar-refractivity contribution in [1.29, 1.82) is 0 Å². The Hall–Kier alpha value is -1.12. The van der Waals surface area contributed by atoms with Crippen molar-refractivity contribution < 1.29 is 4.74 Å². The second kappa shape index (κ2) is 4.22. The third-order valence-electron chi connectivity index (χ3n) is 4.10. The van der Waals surface area contributed by atoms with E-state index >= 15 is 0 Å². The van der Waals surface area contributed by atoms with Crippen LogP contribution in [0.25, 0.3) is 5.57 Å². The maximum Gasteiger partial charge on any atom is 0.0998 e. The second-order valence-corrected chi connectivity index (χ2v) is 5.86. The quantitative estimate of drug-likeness (QED) is 0.792. The van der Waals surface area contributed by atoms with Gasteiger partial charge < -0.3 is 9.64 Å². The first-order valence-corrected chi connectivity index (χ1v) is 6.70. The van der Waals surface area contributed by atoms with Crippen LogP contribution < -0.4 is 0 Å². The smallest absolute Gasteiger partial charge is 0.0998 e. The van der Waals surface area contributed by atoms with Crippen LogP contribution in [0, 0.1) is 0 Å². The molecule has 0 amide bonds. The van der Waals surface area contributed by atoms with E-state index in [4.69, 9.17) is 4.74 Å². The van der Waals surface area contributed by atoms with Gasteiger partial charge in [0.25, 0.3) is 0 Å². The molecule has 1 unspecified atom stereocenters. The van der Waals surface area contributed by atoms with Crippen LogP contribution in [0.3, 0.4) is 0 Å². The van der Waals surface area contributed by atoms with E-state index in [1.807, 2.05) is 0 Å². The van der Waals surface area contributed by atoms with Crippen LogP contribution in [0.5, 0.6) is 0 Å². The fourth-order valence-corrected chi connectivity index (χ4v) is 3.43. The molecule has 0 aromatic heterocycles. The van der Waals surface area contributed by atoms with Crippen LogP contribution in [-0.2, 0) is 11.2 Å². The molecule has 1 atom stereocenters. The van der Waals surface area contributed by atoms with Crippen molar-refractivity contribution in [2.75, 3.05) is 27.2 Å². The van der Waals surface area contributed by atoms with Gasteiger partial charge in [-0.25, -0.2) is 0 Å². The molecule has 1 aromatic rings. The number of ether oxygens (including phenoxy) is 1. The summed E-state index contributed by atoms with van der Waals surface area (Å²) in [6.07, 6.45) is 2.13. The molecule has 1 aliphatic heterocycles. The Morgan fingerprint density at radius 1 is 1.28 bits per heavy atom. The highest BCUT2D eigenvalue weighted by atomic mass is 16.5. The van der Waals surface area contributed by atoms with Crippen LogP contribution in [0.1, 0.15) is 24.5 Å². The summed E-state index contributed by atoms with van der Waals surface area (Å²) in [6.45, 7) is 4.05. The Bertz CT molecular complexity index is 504. The fourth-order valence-electron chi connectivity index (χ4n) is 3.43. The number of fused-ring (bicyclic) bond motifs is 2. The summed E-state index contributed by atoms with van der Waals surface area (Å²) in [5.41, 5.74) is 5.86. The summed E-state index contributed by atoms with van der Waals surface area (Å²) in [5.74, 6) is 0. The molecule has 96 valence electrons. The summed E-state index contributed by atoms with van der Waals surface area (Å²) >= 11 is 0. The van der Waals surface area contributed by atoms with Gasteiger partial charge in [0, 0.05) is 6.54 Å². The molecule has 0 N–H and O–H groups in total. The van der Waals surface area contributed by atoms with Gasteiger partial charge in [0.15, 0.2) is 0 Å². The van der Waals surface area contributed by atoms with Gasteiger partial charge >= 0.3 is 0 Å². The predicted molar refractivity (Wildman–Crippen MR) is 74.6 cm³/mol. The number of hydrogen-bond donors (Lipinski definition) is 0. The molecular formula is C16H21NO. The zero-order valence-electron chi connectivity index (χ0n) is 11.5. The number of rotatable bonds is 2. The van der Waals surface area contributed by atoms with Crippen molar-refractivity contribution in [2.24, 2.45) is 0 Å². The highest BCUT2D eigenvalue weighted by Gasteiger charge is 2.39. The molecule has 1 heterocycles. The lowest BCUT2D eigenvalue weighted by Gasteiger charge is -2.38. The molecule has 1 aliphatic carbocycles. The highest BCUT2D eigenvalue weighted by Crippen LogP contribution is 2.44. The van der Waals surface area contributed by atoms with Gasteiger partial charge in [0.2, 0.25) is 0 Å². The lowest BCUT2D eigenvalue weighted by atomic mass is 9.87. The van der Waals surface area contributed by atoms with Gasteiger partial charge in [-0.15, -0.1) is 0 Å². The maximum absolute atomic E-state index is 6.12. The molecule has 0 saturated heterocycles. The first-order chi connectivity index (χ1) is 8.60. The van der Waals surface area contributed by atoms with E-state index in [0.717, 1.165) is 26.0 Å². The third kappa shape index (κ3) is 1.80. The first kappa shape index (κ1) is 11.9. The molecule has 0 fully saturated rings. The van der Waals surface area contributed by atoms with E-state index < -0.39 is 0 Å². The zero-order chi connectivity index (χ0) is 12.8. The number of benzene rings is 1. The molecule has 18 heavy (non-hydrogen) atoms. The Morgan fingerprint density at radius 3 is 2.83 bits per heavy atom. The van der Waals surface area contributed by atoms with Crippen LogP contribution in [-0.4, -0.2) is 37.7 Å². The SMILES string of the molecule is CN(C)CC1(C)OCCC2=C1Cc1ccccc12. The molecule has 0 saturated carbocycles. The van der Waals surface area contributed by atoms with Crippen molar-refractivity contribution in [3.8, 4) is 0 Å². The van der Waals surface area contributed by atoms with Gasteiger partial charge in [0.1, 0.15) is 0 Å². The second-order valence-electron chi connectivity index (χ2n) is 5.86. The molecule has 1 aromatic carbocycles. The van der Waals surface area contributed by atoms with Gasteiger partial charge in [-0.2, -0.15) is 0 Å². The molecule has 0 spiro atoms. The summed E-state index contributed by atoms with van der Waals surface area (Å²) < 4.78 is 6.12. The van der Waals surface area contributed by atoms with Gasteiger partial charge in [-0.1, -0.05) is 24.3 Å². The van der Waals surface area contributed by atoms with Crippen molar-refractivity contribution in [1.82, 2.24) is 4.90 Å². The standard InChI is InChI=1S/C16H21NO/c1-16(11-17(2)3)15-10-12-6-4-5-7-13(12)14(15)8-9-18-16/h4-7H,8-11H2,1-3H3. The van der Waals surface area contributed by atoms with Crippen molar-refractivity contribution in [3.63, 3.8) is 0 Å². The molecule has 3 rings (SSSR count). The molecule has 2 aliphatic rings. The van der Waals surface area contributed by atoms with Crippen molar-refractivity contribution >= 4 is 5.57 Å². The average Bonchev–Trinajstić information content (AvgIpc) is 2.69. The van der Waals surface area contributed by atoms with Gasteiger partial charge in [0.05, 0.1) is 12.2 Å². The van der Waals surface area contributed by atoms with E-state index in [1.54, 1.807) is 5.57 Å². The highest BCUT2D eigenvalue weighted by molar-refractivity contribution is 5.78. The number of hydrogen-bond acceptors (Lipinski definition) is 2. The largest absolute Gasteiger partial charge is 0.369 e. The van der Waals surface area contributed by atoms with E-state index in [-0.39, 0.29) is 5.60 Å². The zero-order valence-corrected chi connectivity index (χ0v) is 11.5. The van der Waals surface area contributed by atoms with Gasteiger partial charge in [-0.05, 0) is 56.1 Å². The minimum atomic E-state index is -0.115. The number of likely N-dealkylation sites (N-methyl/N-ethyl adjacent to an activating group) is 1. The summed E-state index contributed by atoms with van der Waals surface area (Å²) in [5, 5.41) is 0. The monoisotopic (exact) mass is 243 g/mol. The predicted octanol–water partition coefficient (Wildman–Crippen LogP) is 2.74. The minimum Gasteiger partial charge on any atom is -0.369 e. The van der Waals surface area contributed by atoms with Crippen LogP contribution in [0.4, 0.5) is 0 Å². The summed E-state index contributed by atoms with van der Waals surface area (Å²) in [7, 11) is 4.23. The lowest BCUT2D eigenvalue weighted by Crippen LogP contribution is -2.44. The Labute approximate surface area is 109 Å². The summed E-state index contributed by atoms with van der Waals surface area (Å²) in [6, 6.07) is 8.80. The molecule has 0 bridgehead atoms. The average molecular weight is 243 g/mol. The van der Waals surface area contributed by atoms with E-state index in [9.17, 15) is 0 Å². The molecule has 2 heteroatoms. The lowest BCUT2D eigenvalue weighted by molar-refractivity contribution is -0.0239. The Kier molecular flexibility index (Phi) is 2.80. The third-order valence-corrected chi connectivity index (χ3v) is 4.10. The summed E-state index contributed by atoms with van der Waals surface area (Å²) in [4.78, 5) is 2.22. The van der Waals surface area contributed by atoms with Crippen LogP contribution in [0.15, 0.2) is 29.8 Å². The Balaban J connectivity index is 2.02. The molecular weight excluding hydrogens is 222 g/mol. The van der Waals surface area contributed by atoms with Gasteiger partial charge in [-0.3, -0.25) is 0 Å².